The molecule has 2 aromatic rings. The minimum Gasteiger partial charge on any atom is -0.468 e. The normalized spacial score (nSPS) is 16.0. The Morgan fingerprint density at radius 3 is 2.50 bits per heavy atom. The topological polar surface area (TPSA) is 36.7 Å². The molecule has 0 N–H and O–H groups in total. The molecule has 0 saturated carbocycles. The maximum absolute atomic E-state index is 12.5. The van der Waals surface area contributed by atoms with E-state index in [0.29, 0.717) is 28.7 Å². The fourth-order valence-electron chi connectivity index (χ4n) is 2.54. The van der Waals surface area contributed by atoms with Crippen molar-refractivity contribution in [2.45, 2.75) is 6.54 Å². The number of halogens is 2. The van der Waals surface area contributed by atoms with Gasteiger partial charge < -0.3 is 9.32 Å². The molecule has 1 aliphatic heterocycles. The quantitative estimate of drug-likeness (QED) is 0.858. The van der Waals surface area contributed by atoms with Crippen LogP contribution in [0.3, 0.4) is 0 Å². The van der Waals surface area contributed by atoms with E-state index < -0.39 is 0 Å². The van der Waals surface area contributed by atoms with Gasteiger partial charge in [0, 0.05) is 31.7 Å². The van der Waals surface area contributed by atoms with Crippen molar-refractivity contribution >= 4 is 29.1 Å². The molecule has 0 bridgehead atoms. The molecule has 116 valence electrons. The Morgan fingerprint density at radius 2 is 1.86 bits per heavy atom. The minimum atomic E-state index is -0.00350. The van der Waals surface area contributed by atoms with E-state index in [9.17, 15) is 4.79 Å². The summed E-state index contributed by atoms with van der Waals surface area (Å²) in [5, 5.41) is 0.866. The van der Waals surface area contributed by atoms with E-state index in [1.807, 2.05) is 17.0 Å². The third-order valence-corrected chi connectivity index (χ3v) is 4.52. The number of amides is 1. The zero-order valence-corrected chi connectivity index (χ0v) is 13.5. The van der Waals surface area contributed by atoms with E-state index in [1.54, 1.807) is 24.5 Å². The molecule has 6 heteroatoms. The summed E-state index contributed by atoms with van der Waals surface area (Å²) in [5.74, 6) is 0.945. The summed E-state index contributed by atoms with van der Waals surface area (Å²) in [6.07, 6.45) is 1.68. The smallest absolute Gasteiger partial charge is 0.253 e. The molecule has 1 aromatic carbocycles. The van der Waals surface area contributed by atoms with Crippen LogP contribution in [0.1, 0.15) is 16.1 Å². The molecular weight excluding hydrogens is 323 g/mol. The first kappa shape index (κ1) is 15.4. The van der Waals surface area contributed by atoms with Gasteiger partial charge >= 0.3 is 0 Å². The van der Waals surface area contributed by atoms with Crippen molar-refractivity contribution in [2.75, 3.05) is 26.2 Å². The molecule has 22 heavy (non-hydrogen) atoms. The number of hydrogen-bond acceptors (Lipinski definition) is 3. The zero-order valence-electron chi connectivity index (χ0n) is 12.0. The number of carbonyl (C=O) groups excluding carboxylic acids is 1. The standard InChI is InChI=1S/C16H16Cl2N2O2/c17-14-4-3-12(10-15(14)18)16(21)20-7-5-19(6-8-20)11-13-2-1-9-22-13/h1-4,9-10H,5-8,11H2. The maximum Gasteiger partial charge on any atom is 0.253 e. The second kappa shape index (κ2) is 6.73. The monoisotopic (exact) mass is 338 g/mol. The molecular formula is C16H16Cl2N2O2. The van der Waals surface area contributed by atoms with Gasteiger partial charge in [-0.2, -0.15) is 0 Å². The Bertz CT molecular complexity index is 650. The van der Waals surface area contributed by atoms with Crippen LogP contribution in [0.15, 0.2) is 41.0 Å². The van der Waals surface area contributed by atoms with E-state index >= 15 is 0 Å². The summed E-state index contributed by atoms with van der Waals surface area (Å²) in [7, 11) is 0. The predicted octanol–water partition coefficient (Wildman–Crippen LogP) is 3.54. The largest absolute Gasteiger partial charge is 0.468 e. The molecule has 1 saturated heterocycles. The lowest BCUT2D eigenvalue weighted by Gasteiger charge is -2.34. The van der Waals surface area contributed by atoms with Crippen LogP contribution < -0.4 is 0 Å². The number of carbonyl (C=O) groups is 1. The lowest BCUT2D eigenvalue weighted by Crippen LogP contribution is -2.48. The molecule has 1 aromatic heterocycles. The van der Waals surface area contributed by atoms with Crippen molar-refractivity contribution in [3.8, 4) is 0 Å². The fourth-order valence-corrected chi connectivity index (χ4v) is 2.84. The van der Waals surface area contributed by atoms with Crippen molar-refractivity contribution in [2.24, 2.45) is 0 Å². The molecule has 1 fully saturated rings. The number of nitrogens with zero attached hydrogens (tertiary/aromatic N) is 2. The van der Waals surface area contributed by atoms with Crippen molar-refractivity contribution in [3.63, 3.8) is 0 Å². The van der Waals surface area contributed by atoms with Crippen molar-refractivity contribution in [3.05, 3.63) is 58.0 Å². The summed E-state index contributed by atoms with van der Waals surface area (Å²) >= 11 is 11.9. The highest BCUT2D eigenvalue weighted by molar-refractivity contribution is 6.42. The highest BCUT2D eigenvalue weighted by atomic mass is 35.5. The molecule has 0 radical (unpaired) electrons. The number of piperazine rings is 1. The van der Waals surface area contributed by atoms with Crippen LogP contribution in [-0.2, 0) is 6.54 Å². The van der Waals surface area contributed by atoms with Gasteiger partial charge in [-0.15, -0.1) is 0 Å². The van der Waals surface area contributed by atoms with Gasteiger partial charge in [-0.25, -0.2) is 0 Å². The molecule has 3 rings (SSSR count). The zero-order chi connectivity index (χ0) is 15.5. The van der Waals surface area contributed by atoms with Crippen LogP contribution in [0, 0.1) is 0 Å². The Kier molecular flexibility index (Phi) is 4.71. The first-order valence-electron chi connectivity index (χ1n) is 7.12. The SMILES string of the molecule is O=C(c1ccc(Cl)c(Cl)c1)N1CCN(Cc2ccco2)CC1. The third kappa shape index (κ3) is 3.46. The Hall–Kier alpha value is -1.49. The molecule has 4 nitrogen and oxygen atoms in total. The van der Waals surface area contributed by atoms with E-state index in [1.165, 1.54) is 0 Å². The van der Waals surface area contributed by atoms with Gasteiger partial charge in [0.15, 0.2) is 0 Å². The first-order valence-corrected chi connectivity index (χ1v) is 7.88. The first-order chi connectivity index (χ1) is 10.6. The van der Waals surface area contributed by atoms with Gasteiger partial charge in [-0.05, 0) is 30.3 Å². The Balaban J connectivity index is 1.58. The summed E-state index contributed by atoms with van der Waals surface area (Å²) in [4.78, 5) is 16.6. The van der Waals surface area contributed by atoms with Crippen LogP contribution >= 0.6 is 23.2 Å². The van der Waals surface area contributed by atoms with Gasteiger partial charge in [0.1, 0.15) is 5.76 Å². The lowest BCUT2D eigenvalue weighted by molar-refractivity contribution is 0.0620. The number of benzene rings is 1. The third-order valence-electron chi connectivity index (χ3n) is 3.79. The van der Waals surface area contributed by atoms with Crippen molar-refractivity contribution in [1.29, 1.82) is 0 Å². The van der Waals surface area contributed by atoms with Crippen LogP contribution in [0.2, 0.25) is 10.0 Å². The average Bonchev–Trinajstić information content (AvgIpc) is 3.03. The number of hydrogen-bond donors (Lipinski definition) is 0. The molecule has 0 aliphatic carbocycles. The van der Waals surface area contributed by atoms with Gasteiger partial charge in [0.2, 0.25) is 0 Å². The Morgan fingerprint density at radius 1 is 1.09 bits per heavy atom. The highest BCUT2D eigenvalue weighted by Crippen LogP contribution is 2.23. The summed E-state index contributed by atoms with van der Waals surface area (Å²) in [6, 6.07) is 8.85. The fraction of sp³-hybridized carbons (Fsp3) is 0.312. The van der Waals surface area contributed by atoms with Crippen LogP contribution in [-0.4, -0.2) is 41.9 Å². The average molecular weight is 339 g/mol. The van der Waals surface area contributed by atoms with Crippen LogP contribution in [0.4, 0.5) is 0 Å². The van der Waals surface area contributed by atoms with E-state index in [2.05, 4.69) is 4.90 Å². The van der Waals surface area contributed by atoms with Crippen LogP contribution in [0.5, 0.6) is 0 Å². The van der Waals surface area contributed by atoms with Crippen molar-refractivity contribution < 1.29 is 9.21 Å². The molecule has 0 spiro atoms. The van der Waals surface area contributed by atoms with Crippen LogP contribution in [0.25, 0.3) is 0 Å². The predicted molar refractivity (Wildman–Crippen MR) is 86.4 cm³/mol. The second-order valence-electron chi connectivity index (χ2n) is 5.28. The van der Waals surface area contributed by atoms with E-state index in [4.69, 9.17) is 27.6 Å². The summed E-state index contributed by atoms with van der Waals surface area (Å²) < 4.78 is 5.35. The van der Waals surface area contributed by atoms with Gasteiger partial charge in [-0.1, -0.05) is 23.2 Å². The lowest BCUT2D eigenvalue weighted by atomic mass is 10.2. The van der Waals surface area contributed by atoms with Crippen molar-refractivity contribution in [1.82, 2.24) is 9.80 Å². The van der Waals surface area contributed by atoms with Gasteiger partial charge in [0.25, 0.3) is 5.91 Å². The number of rotatable bonds is 3. The maximum atomic E-state index is 12.5. The minimum absolute atomic E-state index is 0.00350. The number of furan rings is 1. The highest BCUT2D eigenvalue weighted by Gasteiger charge is 2.23. The van der Waals surface area contributed by atoms with E-state index in [-0.39, 0.29) is 5.91 Å². The second-order valence-corrected chi connectivity index (χ2v) is 6.09. The molecule has 1 aliphatic rings. The summed E-state index contributed by atoms with van der Waals surface area (Å²) in [5.41, 5.74) is 0.578. The van der Waals surface area contributed by atoms with Gasteiger partial charge in [-0.3, -0.25) is 9.69 Å². The Labute approximate surface area is 139 Å². The van der Waals surface area contributed by atoms with Gasteiger partial charge in [0.05, 0.1) is 22.9 Å². The van der Waals surface area contributed by atoms with E-state index in [0.717, 1.165) is 25.4 Å². The molecule has 0 atom stereocenters. The molecule has 0 unspecified atom stereocenters. The molecule has 1 amide bonds. The summed E-state index contributed by atoms with van der Waals surface area (Å²) in [6.45, 7) is 3.82. The molecule has 2 heterocycles.